The van der Waals surface area contributed by atoms with Crippen LogP contribution in [0.15, 0.2) is 18.2 Å². The maximum atomic E-state index is 12.5. The zero-order valence-electron chi connectivity index (χ0n) is 13.5. The van der Waals surface area contributed by atoms with Gasteiger partial charge in [-0.15, -0.1) is 0 Å². The Morgan fingerprint density at radius 1 is 1.17 bits per heavy atom. The van der Waals surface area contributed by atoms with Crippen molar-refractivity contribution < 1.29 is 9.59 Å². The number of benzene rings is 1. The zero-order chi connectivity index (χ0) is 16.9. The van der Waals surface area contributed by atoms with E-state index in [4.69, 9.17) is 17.3 Å². The molecule has 1 aromatic carbocycles. The molecule has 1 saturated carbocycles. The van der Waals surface area contributed by atoms with E-state index in [-0.39, 0.29) is 17.2 Å². The second-order valence-corrected chi connectivity index (χ2v) is 6.80. The number of amides is 2. The van der Waals surface area contributed by atoms with Gasteiger partial charge in [-0.3, -0.25) is 9.59 Å². The molecule has 1 aliphatic carbocycles. The molecule has 2 amide bonds. The number of carbonyl (C=O) groups excluding carboxylic acids is 2. The van der Waals surface area contributed by atoms with E-state index < -0.39 is 0 Å². The first-order chi connectivity index (χ1) is 10.9. The van der Waals surface area contributed by atoms with E-state index in [0.29, 0.717) is 29.4 Å². The quantitative estimate of drug-likeness (QED) is 0.768. The lowest BCUT2D eigenvalue weighted by Crippen LogP contribution is -2.36. The van der Waals surface area contributed by atoms with Crippen LogP contribution in [0.3, 0.4) is 0 Å². The normalized spacial score (nSPS) is 16.7. The van der Waals surface area contributed by atoms with Crippen molar-refractivity contribution in [2.75, 3.05) is 17.2 Å². The summed E-state index contributed by atoms with van der Waals surface area (Å²) >= 11 is 5.96. The Hall–Kier alpha value is -1.59. The topological polar surface area (TPSA) is 84.2 Å². The Morgan fingerprint density at radius 2 is 1.87 bits per heavy atom. The first kappa shape index (κ1) is 17.8. The van der Waals surface area contributed by atoms with Crippen molar-refractivity contribution in [3.63, 3.8) is 0 Å². The number of carbonyl (C=O) groups is 2. The van der Waals surface area contributed by atoms with Crippen LogP contribution in [0.4, 0.5) is 11.4 Å². The van der Waals surface area contributed by atoms with Gasteiger partial charge in [0.1, 0.15) is 0 Å². The molecular formula is C17H24ClN3O2. The monoisotopic (exact) mass is 337 g/mol. The second kappa shape index (κ2) is 7.79. The number of nitrogens with two attached hydrogens (primary N) is 1. The van der Waals surface area contributed by atoms with Gasteiger partial charge in [0.05, 0.1) is 11.4 Å². The van der Waals surface area contributed by atoms with E-state index in [0.717, 1.165) is 25.7 Å². The zero-order valence-corrected chi connectivity index (χ0v) is 14.2. The van der Waals surface area contributed by atoms with Gasteiger partial charge in [-0.1, -0.05) is 30.9 Å². The fraction of sp³-hybridized carbons (Fsp3) is 0.529. The molecule has 0 heterocycles. The maximum absolute atomic E-state index is 12.5. The highest BCUT2D eigenvalue weighted by Gasteiger charge is 2.33. The predicted molar refractivity (Wildman–Crippen MR) is 93.6 cm³/mol. The SMILES string of the molecule is CC(=O)Nc1cc(Cl)ccc1NC(=O)CC1(CN)CCCCC1. The summed E-state index contributed by atoms with van der Waals surface area (Å²) in [6, 6.07) is 5.00. The summed E-state index contributed by atoms with van der Waals surface area (Å²) in [5.41, 5.74) is 6.90. The van der Waals surface area contributed by atoms with Crippen molar-refractivity contribution in [1.82, 2.24) is 0 Å². The van der Waals surface area contributed by atoms with E-state index in [9.17, 15) is 9.59 Å². The maximum Gasteiger partial charge on any atom is 0.225 e. The molecule has 0 unspecified atom stereocenters. The number of halogens is 1. The van der Waals surface area contributed by atoms with Gasteiger partial charge in [0.25, 0.3) is 0 Å². The van der Waals surface area contributed by atoms with Crippen LogP contribution in [0.5, 0.6) is 0 Å². The molecule has 2 rings (SSSR count). The van der Waals surface area contributed by atoms with Crippen LogP contribution < -0.4 is 16.4 Å². The van der Waals surface area contributed by atoms with Crippen molar-refractivity contribution in [2.45, 2.75) is 45.4 Å². The summed E-state index contributed by atoms with van der Waals surface area (Å²) in [5, 5.41) is 6.06. The summed E-state index contributed by atoms with van der Waals surface area (Å²) in [6.07, 6.45) is 5.87. The molecule has 0 spiro atoms. The van der Waals surface area contributed by atoms with Crippen molar-refractivity contribution in [1.29, 1.82) is 0 Å². The van der Waals surface area contributed by atoms with Gasteiger partial charge in [-0.25, -0.2) is 0 Å². The molecule has 5 nitrogen and oxygen atoms in total. The van der Waals surface area contributed by atoms with Crippen LogP contribution in [0.1, 0.15) is 45.4 Å². The fourth-order valence-electron chi connectivity index (χ4n) is 3.21. The molecule has 1 aromatic rings. The predicted octanol–water partition coefficient (Wildman–Crippen LogP) is 3.54. The van der Waals surface area contributed by atoms with Crippen molar-refractivity contribution in [3.8, 4) is 0 Å². The van der Waals surface area contributed by atoms with Gasteiger partial charge in [-0.05, 0) is 43.0 Å². The van der Waals surface area contributed by atoms with Gasteiger partial charge >= 0.3 is 0 Å². The third-order valence-corrected chi connectivity index (χ3v) is 4.68. The lowest BCUT2D eigenvalue weighted by molar-refractivity contribution is -0.119. The molecule has 0 atom stereocenters. The minimum atomic E-state index is -0.214. The van der Waals surface area contributed by atoms with E-state index in [1.54, 1.807) is 18.2 Å². The van der Waals surface area contributed by atoms with E-state index >= 15 is 0 Å². The van der Waals surface area contributed by atoms with Crippen LogP contribution >= 0.6 is 11.6 Å². The van der Waals surface area contributed by atoms with Gasteiger partial charge in [-0.2, -0.15) is 0 Å². The van der Waals surface area contributed by atoms with Gasteiger partial charge in [0.2, 0.25) is 11.8 Å². The molecule has 4 N–H and O–H groups in total. The Balaban J connectivity index is 2.09. The largest absolute Gasteiger partial charge is 0.330 e. The highest BCUT2D eigenvalue weighted by atomic mass is 35.5. The number of anilines is 2. The highest BCUT2D eigenvalue weighted by molar-refractivity contribution is 6.31. The molecular weight excluding hydrogens is 314 g/mol. The third kappa shape index (κ3) is 4.94. The smallest absolute Gasteiger partial charge is 0.225 e. The first-order valence-electron chi connectivity index (χ1n) is 8.01. The van der Waals surface area contributed by atoms with Crippen LogP contribution in [0.2, 0.25) is 5.02 Å². The average Bonchev–Trinajstić information content (AvgIpc) is 2.50. The Bertz CT molecular complexity index is 583. The molecule has 0 aromatic heterocycles. The summed E-state index contributed by atoms with van der Waals surface area (Å²) < 4.78 is 0. The highest BCUT2D eigenvalue weighted by Crippen LogP contribution is 2.38. The van der Waals surface area contributed by atoms with Crippen LogP contribution in [0.25, 0.3) is 0 Å². The standard InChI is InChI=1S/C17H24ClN3O2/c1-12(22)20-15-9-13(18)5-6-14(15)21-16(23)10-17(11-19)7-3-2-4-8-17/h5-6,9H,2-4,7-8,10-11,19H2,1H3,(H,20,22)(H,21,23). The molecule has 126 valence electrons. The average molecular weight is 338 g/mol. The first-order valence-corrected chi connectivity index (χ1v) is 8.39. The third-order valence-electron chi connectivity index (χ3n) is 4.45. The summed E-state index contributed by atoms with van der Waals surface area (Å²) in [5.74, 6) is -0.292. The fourth-order valence-corrected chi connectivity index (χ4v) is 3.38. The summed E-state index contributed by atoms with van der Waals surface area (Å²) in [7, 11) is 0. The number of hydrogen-bond donors (Lipinski definition) is 3. The molecule has 0 radical (unpaired) electrons. The second-order valence-electron chi connectivity index (χ2n) is 6.36. The lowest BCUT2D eigenvalue weighted by Gasteiger charge is -2.35. The van der Waals surface area contributed by atoms with Crippen LogP contribution in [-0.2, 0) is 9.59 Å². The Kier molecular flexibility index (Phi) is 6.02. The van der Waals surface area contributed by atoms with Crippen molar-refractivity contribution >= 4 is 34.8 Å². The number of rotatable bonds is 5. The minimum absolute atomic E-state index is 0.0775. The molecule has 23 heavy (non-hydrogen) atoms. The molecule has 1 fully saturated rings. The number of nitrogens with one attached hydrogen (secondary N) is 2. The van der Waals surface area contributed by atoms with Gasteiger partial charge in [0, 0.05) is 18.4 Å². The molecule has 0 bridgehead atoms. The molecule has 1 aliphatic rings. The van der Waals surface area contributed by atoms with Gasteiger partial charge < -0.3 is 16.4 Å². The van der Waals surface area contributed by atoms with Gasteiger partial charge in [0.15, 0.2) is 0 Å². The van der Waals surface area contributed by atoms with E-state index in [2.05, 4.69) is 10.6 Å². The van der Waals surface area contributed by atoms with Crippen molar-refractivity contribution in [3.05, 3.63) is 23.2 Å². The van der Waals surface area contributed by atoms with Crippen LogP contribution in [-0.4, -0.2) is 18.4 Å². The van der Waals surface area contributed by atoms with Crippen LogP contribution in [0, 0.1) is 5.41 Å². The molecule has 0 aliphatic heterocycles. The summed E-state index contributed by atoms with van der Waals surface area (Å²) in [6.45, 7) is 1.94. The van der Waals surface area contributed by atoms with E-state index in [1.807, 2.05) is 0 Å². The minimum Gasteiger partial charge on any atom is -0.330 e. The molecule has 6 heteroatoms. The Morgan fingerprint density at radius 3 is 2.48 bits per heavy atom. The number of hydrogen-bond acceptors (Lipinski definition) is 3. The van der Waals surface area contributed by atoms with Crippen molar-refractivity contribution in [2.24, 2.45) is 11.1 Å². The molecule has 0 saturated heterocycles. The van der Waals surface area contributed by atoms with E-state index in [1.165, 1.54) is 13.3 Å². The Labute approximate surface area is 142 Å². The lowest BCUT2D eigenvalue weighted by atomic mass is 9.71. The summed E-state index contributed by atoms with van der Waals surface area (Å²) in [4.78, 5) is 23.7.